The van der Waals surface area contributed by atoms with Crippen LogP contribution in [0.25, 0.3) is 22.5 Å². The summed E-state index contributed by atoms with van der Waals surface area (Å²) in [6, 6.07) is 14.2. The lowest BCUT2D eigenvalue weighted by molar-refractivity contribution is 0.468. The number of hydrogen-bond donors (Lipinski definition) is 1. The summed E-state index contributed by atoms with van der Waals surface area (Å²) in [4.78, 5) is 14.1. The van der Waals surface area contributed by atoms with Gasteiger partial charge in [0.25, 0.3) is 0 Å². The van der Waals surface area contributed by atoms with E-state index in [1.165, 1.54) is 0 Å². The van der Waals surface area contributed by atoms with Gasteiger partial charge in [0.05, 0.1) is 20.3 Å². The Morgan fingerprint density at radius 1 is 0.862 bits per heavy atom. The summed E-state index contributed by atoms with van der Waals surface area (Å²) < 4.78 is 1.25. The molecule has 0 aliphatic carbocycles. The third-order valence-electron chi connectivity index (χ3n) is 5.10. The number of aromatic nitrogens is 2. The van der Waals surface area contributed by atoms with Crippen LogP contribution in [0.2, 0.25) is 0 Å². The van der Waals surface area contributed by atoms with E-state index < -0.39 is 0 Å². The molecule has 1 aliphatic heterocycles. The lowest BCUT2D eigenvalue weighted by Gasteiger charge is -2.18. The predicted octanol–water partition coefficient (Wildman–Crippen LogP) is 5.71. The Balaban J connectivity index is 1.83. The molecule has 5 nitrogen and oxygen atoms in total. The van der Waals surface area contributed by atoms with Crippen molar-refractivity contribution in [3.63, 3.8) is 0 Å². The molecule has 0 spiro atoms. The molecule has 0 amide bonds. The van der Waals surface area contributed by atoms with E-state index in [0.717, 1.165) is 60.1 Å². The molecule has 1 fully saturated rings. The summed E-state index contributed by atoms with van der Waals surface area (Å²) in [5, 5.41) is 10.1. The molecule has 0 bridgehead atoms. The summed E-state index contributed by atoms with van der Waals surface area (Å²) in [6.07, 6.45) is 2.33. The SMILES string of the molecule is CN(C)c1ccc(-c2cc(-c3cc(Br)c(O)c(Br)c3)nc(N3CCCC3)n2)cc1. The molecule has 1 saturated heterocycles. The fourth-order valence-corrected chi connectivity index (χ4v) is 4.62. The number of nitrogens with zero attached hydrogens (tertiary/aromatic N) is 4. The summed E-state index contributed by atoms with van der Waals surface area (Å²) in [7, 11) is 4.06. The molecular formula is C22H22Br2N4O. The summed E-state index contributed by atoms with van der Waals surface area (Å²) in [5.41, 5.74) is 4.83. The Morgan fingerprint density at radius 2 is 1.41 bits per heavy atom. The number of rotatable bonds is 4. The van der Waals surface area contributed by atoms with Crippen LogP contribution in [0.15, 0.2) is 51.4 Å². The molecule has 2 aromatic carbocycles. The topological polar surface area (TPSA) is 52.5 Å². The maximum atomic E-state index is 10.1. The second-order valence-electron chi connectivity index (χ2n) is 7.36. The zero-order valence-corrected chi connectivity index (χ0v) is 19.5. The Bertz CT molecular complexity index is 1010. The zero-order chi connectivity index (χ0) is 20.5. The molecule has 0 unspecified atom stereocenters. The van der Waals surface area contributed by atoms with Crippen molar-refractivity contribution in [2.75, 3.05) is 37.0 Å². The van der Waals surface area contributed by atoms with Crippen LogP contribution in [0.1, 0.15) is 12.8 Å². The number of benzene rings is 2. The summed E-state index contributed by atoms with van der Waals surface area (Å²) in [5.74, 6) is 0.939. The highest BCUT2D eigenvalue weighted by molar-refractivity contribution is 9.11. The summed E-state index contributed by atoms with van der Waals surface area (Å²) in [6.45, 7) is 1.96. The quantitative estimate of drug-likeness (QED) is 0.480. The van der Waals surface area contributed by atoms with Crippen molar-refractivity contribution in [3.8, 4) is 28.3 Å². The third kappa shape index (κ3) is 4.26. The highest BCUT2D eigenvalue weighted by atomic mass is 79.9. The molecule has 3 aromatic rings. The minimum Gasteiger partial charge on any atom is -0.506 e. The van der Waals surface area contributed by atoms with Crippen LogP contribution < -0.4 is 9.80 Å². The molecular weight excluding hydrogens is 496 g/mol. The second kappa shape index (κ2) is 8.32. The number of anilines is 2. The van der Waals surface area contributed by atoms with Gasteiger partial charge in [0.1, 0.15) is 5.75 Å². The number of phenols is 1. The minimum absolute atomic E-state index is 0.182. The van der Waals surface area contributed by atoms with Gasteiger partial charge in [-0.25, -0.2) is 9.97 Å². The van der Waals surface area contributed by atoms with E-state index in [-0.39, 0.29) is 5.75 Å². The van der Waals surface area contributed by atoms with Gasteiger partial charge in [-0.05, 0) is 75.0 Å². The molecule has 0 radical (unpaired) electrons. The third-order valence-corrected chi connectivity index (χ3v) is 6.30. The van der Waals surface area contributed by atoms with Crippen molar-refractivity contribution < 1.29 is 5.11 Å². The standard InChI is InChI=1S/C22H22Br2N4O/c1-27(2)16-7-5-14(6-8-16)19-13-20(15-11-17(23)21(29)18(24)12-15)26-22(25-19)28-9-3-4-10-28/h5-8,11-13,29H,3-4,9-10H2,1-2H3. The zero-order valence-electron chi connectivity index (χ0n) is 16.4. The van der Waals surface area contributed by atoms with Gasteiger partial charge in [0, 0.05) is 44.0 Å². The van der Waals surface area contributed by atoms with E-state index in [1.54, 1.807) is 0 Å². The molecule has 0 saturated carbocycles. The largest absolute Gasteiger partial charge is 0.506 e. The van der Waals surface area contributed by atoms with Crippen LogP contribution in [0.5, 0.6) is 5.75 Å². The van der Waals surface area contributed by atoms with E-state index in [9.17, 15) is 5.11 Å². The average molecular weight is 518 g/mol. The van der Waals surface area contributed by atoms with Gasteiger partial charge < -0.3 is 14.9 Å². The fraction of sp³-hybridized carbons (Fsp3) is 0.273. The van der Waals surface area contributed by atoms with Crippen molar-refractivity contribution in [3.05, 3.63) is 51.4 Å². The molecule has 1 N–H and O–H groups in total. The number of aromatic hydroxyl groups is 1. The smallest absolute Gasteiger partial charge is 0.226 e. The first-order valence-corrected chi connectivity index (χ1v) is 11.1. The molecule has 1 aromatic heterocycles. The fourth-order valence-electron chi connectivity index (χ4n) is 3.43. The predicted molar refractivity (Wildman–Crippen MR) is 126 cm³/mol. The Kier molecular flexibility index (Phi) is 5.79. The lowest BCUT2D eigenvalue weighted by Crippen LogP contribution is -2.20. The van der Waals surface area contributed by atoms with E-state index in [2.05, 4.69) is 65.9 Å². The molecule has 150 valence electrons. The van der Waals surface area contributed by atoms with Gasteiger partial charge in [0.2, 0.25) is 5.95 Å². The van der Waals surface area contributed by atoms with Crippen molar-refractivity contribution in [1.82, 2.24) is 9.97 Å². The van der Waals surface area contributed by atoms with Gasteiger partial charge in [-0.2, -0.15) is 0 Å². The van der Waals surface area contributed by atoms with Crippen LogP contribution in [-0.2, 0) is 0 Å². The Labute approximate surface area is 187 Å². The van der Waals surface area contributed by atoms with Gasteiger partial charge in [-0.1, -0.05) is 12.1 Å². The highest BCUT2D eigenvalue weighted by Crippen LogP contribution is 2.37. The Morgan fingerprint density at radius 3 is 1.97 bits per heavy atom. The number of halogens is 2. The maximum absolute atomic E-state index is 10.1. The molecule has 0 atom stereocenters. The summed E-state index contributed by atoms with van der Waals surface area (Å²) >= 11 is 6.85. The van der Waals surface area contributed by atoms with Crippen molar-refractivity contribution >= 4 is 43.5 Å². The Hall–Kier alpha value is -2.12. The van der Waals surface area contributed by atoms with E-state index in [1.807, 2.05) is 32.3 Å². The van der Waals surface area contributed by atoms with Gasteiger partial charge >= 0.3 is 0 Å². The van der Waals surface area contributed by atoms with Crippen molar-refractivity contribution in [1.29, 1.82) is 0 Å². The molecule has 1 aliphatic rings. The highest BCUT2D eigenvalue weighted by Gasteiger charge is 2.18. The molecule has 2 heterocycles. The lowest BCUT2D eigenvalue weighted by atomic mass is 10.1. The van der Waals surface area contributed by atoms with E-state index in [4.69, 9.17) is 9.97 Å². The van der Waals surface area contributed by atoms with Crippen LogP contribution in [0, 0.1) is 0 Å². The molecule has 29 heavy (non-hydrogen) atoms. The van der Waals surface area contributed by atoms with Gasteiger partial charge in [0.15, 0.2) is 0 Å². The van der Waals surface area contributed by atoms with Crippen LogP contribution in [0.4, 0.5) is 11.6 Å². The van der Waals surface area contributed by atoms with Crippen molar-refractivity contribution in [2.45, 2.75) is 12.8 Å². The number of phenolic OH excluding ortho intramolecular Hbond substituents is 1. The average Bonchev–Trinajstić information content (AvgIpc) is 3.26. The van der Waals surface area contributed by atoms with E-state index in [0.29, 0.717) is 8.95 Å². The minimum atomic E-state index is 0.182. The normalized spacial score (nSPS) is 13.7. The van der Waals surface area contributed by atoms with E-state index >= 15 is 0 Å². The monoisotopic (exact) mass is 516 g/mol. The second-order valence-corrected chi connectivity index (χ2v) is 9.07. The van der Waals surface area contributed by atoms with Crippen molar-refractivity contribution in [2.24, 2.45) is 0 Å². The first kappa shape index (κ1) is 20.2. The first-order chi connectivity index (χ1) is 13.9. The van der Waals surface area contributed by atoms with Crippen LogP contribution in [-0.4, -0.2) is 42.3 Å². The molecule has 4 rings (SSSR count). The van der Waals surface area contributed by atoms with Crippen LogP contribution >= 0.6 is 31.9 Å². The van der Waals surface area contributed by atoms with Gasteiger partial charge in [-0.3, -0.25) is 0 Å². The number of hydrogen-bond acceptors (Lipinski definition) is 5. The maximum Gasteiger partial charge on any atom is 0.226 e. The first-order valence-electron chi connectivity index (χ1n) is 9.52. The van der Waals surface area contributed by atoms with Gasteiger partial charge in [-0.15, -0.1) is 0 Å². The van der Waals surface area contributed by atoms with Crippen LogP contribution in [0.3, 0.4) is 0 Å². The molecule has 7 heteroatoms.